The van der Waals surface area contributed by atoms with Crippen molar-refractivity contribution in [1.29, 1.82) is 0 Å². The van der Waals surface area contributed by atoms with Crippen molar-refractivity contribution in [3.05, 3.63) is 71.3 Å². The summed E-state index contributed by atoms with van der Waals surface area (Å²) in [6.45, 7) is 4.34. The molecule has 0 radical (unpaired) electrons. The molecule has 1 heteroatoms. The summed E-state index contributed by atoms with van der Waals surface area (Å²) in [6.07, 6.45) is 7.28. The van der Waals surface area contributed by atoms with Crippen LogP contribution in [-0.4, -0.2) is 6.04 Å². The number of hydrogen-bond donors (Lipinski definition) is 1. The molecule has 2 unspecified atom stereocenters. The third-order valence-electron chi connectivity index (χ3n) is 3.89. The Bertz CT molecular complexity index is 595. The number of aryl methyl sites for hydroxylation is 1. The van der Waals surface area contributed by atoms with Crippen LogP contribution in [-0.2, 0) is 0 Å². The summed E-state index contributed by atoms with van der Waals surface area (Å²) < 4.78 is 0. The van der Waals surface area contributed by atoms with Gasteiger partial charge in [0.05, 0.1) is 6.04 Å². The fourth-order valence-corrected chi connectivity index (χ4v) is 2.62. The van der Waals surface area contributed by atoms with E-state index in [1.165, 1.54) is 16.7 Å². The lowest BCUT2D eigenvalue weighted by molar-refractivity contribution is 0.464. The fourth-order valence-electron chi connectivity index (χ4n) is 2.62. The van der Waals surface area contributed by atoms with Crippen molar-refractivity contribution in [3.8, 4) is 12.3 Å². The van der Waals surface area contributed by atoms with Crippen LogP contribution in [0.4, 0.5) is 0 Å². The Hall–Kier alpha value is -2.04. The lowest BCUT2D eigenvalue weighted by Gasteiger charge is -2.26. The maximum Gasteiger partial charge on any atom is 0.0581 e. The monoisotopic (exact) mass is 277 g/mol. The van der Waals surface area contributed by atoms with E-state index in [4.69, 9.17) is 6.42 Å². The molecule has 1 nitrogen and oxygen atoms in total. The highest BCUT2D eigenvalue weighted by molar-refractivity contribution is 5.36. The van der Waals surface area contributed by atoms with Crippen LogP contribution in [0.1, 0.15) is 42.5 Å². The molecule has 2 atom stereocenters. The van der Waals surface area contributed by atoms with E-state index in [2.05, 4.69) is 79.7 Å². The van der Waals surface area contributed by atoms with Crippen molar-refractivity contribution in [2.24, 2.45) is 0 Å². The first kappa shape index (κ1) is 15.4. The van der Waals surface area contributed by atoms with Gasteiger partial charge < -0.3 is 5.32 Å². The van der Waals surface area contributed by atoms with Gasteiger partial charge in [-0.15, -0.1) is 12.3 Å². The smallest absolute Gasteiger partial charge is 0.0581 e. The van der Waals surface area contributed by atoms with Crippen molar-refractivity contribution in [2.45, 2.75) is 38.8 Å². The molecule has 0 aliphatic carbocycles. The zero-order chi connectivity index (χ0) is 15.1. The minimum absolute atomic E-state index is 0.186. The Kier molecular flexibility index (Phi) is 5.60. The molecule has 1 N–H and O–H groups in total. The van der Waals surface area contributed by atoms with Gasteiger partial charge in [0, 0.05) is 12.5 Å². The number of nitrogens with one attached hydrogen (secondary N) is 1. The Morgan fingerprint density at radius 1 is 1.05 bits per heavy atom. The zero-order valence-corrected chi connectivity index (χ0v) is 12.8. The topological polar surface area (TPSA) is 12.0 Å². The maximum absolute atomic E-state index is 5.50. The molecule has 0 bridgehead atoms. The van der Waals surface area contributed by atoms with Crippen LogP contribution in [0, 0.1) is 19.3 Å². The second-order valence-electron chi connectivity index (χ2n) is 5.38. The summed E-state index contributed by atoms with van der Waals surface area (Å²) in [6, 6.07) is 19.6. The molecule has 0 heterocycles. The first-order valence-electron chi connectivity index (χ1n) is 7.56. The third-order valence-corrected chi connectivity index (χ3v) is 3.89. The molecule has 0 saturated carbocycles. The van der Waals surface area contributed by atoms with Crippen LogP contribution < -0.4 is 5.32 Å². The summed E-state index contributed by atoms with van der Waals surface area (Å²) in [5.74, 6) is 2.78. The van der Waals surface area contributed by atoms with Gasteiger partial charge in [-0.25, -0.2) is 0 Å². The van der Waals surface area contributed by atoms with Gasteiger partial charge in [-0.2, -0.15) is 0 Å². The molecule has 2 aromatic carbocycles. The summed E-state index contributed by atoms with van der Waals surface area (Å²) in [4.78, 5) is 0. The minimum atomic E-state index is 0.186. The first-order chi connectivity index (χ1) is 10.3. The van der Waals surface area contributed by atoms with Crippen LogP contribution in [0.25, 0.3) is 0 Å². The van der Waals surface area contributed by atoms with Crippen molar-refractivity contribution in [1.82, 2.24) is 5.32 Å². The van der Waals surface area contributed by atoms with Crippen molar-refractivity contribution >= 4 is 0 Å². The molecule has 21 heavy (non-hydrogen) atoms. The fraction of sp³-hybridized carbons (Fsp3) is 0.300. The summed E-state index contributed by atoms with van der Waals surface area (Å²) in [5.41, 5.74) is 3.90. The van der Waals surface area contributed by atoms with Gasteiger partial charge in [-0.1, -0.05) is 61.5 Å². The average Bonchev–Trinajstić information content (AvgIpc) is 2.53. The normalized spacial score (nSPS) is 13.4. The van der Waals surface area contributed by atoms with Gasteiger partial charge in [0.2, 0.25) is 0 Å². The van der Waals surface area contributed by atoms with E-state index >= 15 is 0 Å². The molecule has 108 valence electrons. The van der Waals surface area contributed by atoms with Crippen LogP contribution in [0.15, 0.2) is 54.6 Å². The summed E-state index contributed by atoms with van der Waals surface area (Å²) in [7, 11) is 0. The van der Waals surface area contributed by atoms with E-state index in [-0.39, 0.29) is 6.04 Å². The molecule has 0 aliphatic heterocycles. The van der Waals surface area contributed by atoms with E-state index in [0.29, 0.717) is 6.04 Å². The van der Waals surface area contributed by atoms with E-state index in [9.17, 15) is 0 Å². The Labute approximate surface area is 128 Å². The highest BCUT2D eigenvalue weighted by Gasteiger charge is 2.18. The summed E-state index contributed by atoms with van der Waals surface area (Å²) >= 11 is 0. The van der Waals surface area contributed by atoms with E-state index in [1.807, 2.05) is 0 Å². The highest BCUT2D eigenvalue weighted by atomic mass is 14.9. The first-order valence-corrected chi connectivity index (χ1v) is 7.56. The number of hydrogen-bond acceptors (Lipinski definition) is 1. The molecule has 0 aliphatic rings. The molecule has 2 aromatic rings. The number of terminal acetylenes is 1. The molecular weight excluding hydrogens is 254 g/mol. The summed E-state index contributed by atoms with van der Waals surface area (Å²) in [5, 5.41) is 3.74. The Balaban J connectivity index is 2.36. The molecule has 2 rings (SSSR count). The van der Waals surface area contributed by atoms with Crippen LogP contribution in [0.2, 0.25) is 0 Å². The van der Waals surface area contributed by atoms with Crippen LogP contribution >= 0.6 is 0 Å². The molecule has 0 fully saturated rings. The average molecular weight is 277 g/mol. The van der Waals surface area contributed by atoms with Gasteiger partial charge in [0.15, 0.2) is 0 Å². The largest absolute Gasteiger partial charge is 0.302 e. The van der Waals surface area contributed by atoms with Crippen molar-refractivity contribution in [2.75, 3.05) is 0 Å². The lowest BCUT2D eigenvalue weighted by Crippen LogP contribution is -2.33. The quantitative estimate of drug-likeness (QED) is 0.768. The third kappa shape index (κ3) is 3.97. The Morgan fingerprint density at radius 3 is 2.33 bits per heavy atom. The van der Waals surface area contributed by atoms with Gasteiger partial charge >= 0.3 is 0 Å². The highest BCUT2D eigenvalue weighted by Crippen LogP contribution is 2.26. The van der Waals surface area contributed by atoms with E-state index in [0.717, 1.165) is 12.8 Å². The van der Waals surface area contributed by atoms with E-state index in [1.54, 1.807) is 0 Å². The molecule has 0 spiro atoms. The van der Waals surface area contributed by atoms with Crippen LogP contribution in [0.3, 0.4) is 0 Å². The Morgan fingerprint density at radius 2 is 1.71 bits per heavy atom. The standard InChI is InChI=1S/C20H23N/c1-4-11-18(5-2)21-20(17-13-7-6-8-14-17)19-15-10-9-12-16(19)3/h1,6-10,12-15,18,20-21H,5,11H2,2-3H3. The predicted octanol–water partition coefficient (Wildman–Crippen LogP) is 4.48. The number of benzene rings is 2. The maximum atomic E-state index is 5.50. The minimum Gasteiger partial charge on any atom is -0.302 e. The second kappa shape index (κ2) is 7.67. The second-order valence-corrected chi connectivity index (χ2v) is 5.38. The molecule has 0 saturated heterocycles. The number of rotatable bonds is 6. The van der Waals surface area contributed by atoms with Gasteiger partial charge in [0.1, 0.15) is 0 Å². The predicted molar refractivity (Wildman–Crippen MR) is 90.1 cm³/mol. The van der Waals surface area contributed by atoms with Gasteiger partial charge in [-0.05, 0) is 30.0 Å². The van der Waals surface area contributed by atoms with Crippen molar-refractivity contribution in [3.63, 3.8) is 0 Å². The lowest BCUT2D eigenvalue weighted by atomic mass is 9.93. The zero-order valence-electron chi connectivity index (χ0n) is 12.8. The molecular formula is C20H23N. The molecule has 0 amide bonds. The van der Waals surface area contributed by atoms with E-state index < -0.39 is 0 Å². The SMILES string of the molecule is C#CCC(CC)NC(c1ccccc1)c1ccccc1C. The van der Waals surface area contributed by atoms with Gasteiger partial charge in [0.25, 0.3) is 0 Å². The van der Waals surface area contributed by atoms with Crippen LogP contribution in [0.5, 0.6) is 0 Å². The molecule has 0 aromatic heterocycles. The van der Waals surface area contributed by atoms with Gasteiger partial charge in [-0.3, -0.25) is 0 Å². The van der Waals surface area contributed by atoms with Crippen molar-refractivity contribution < 1.29 is 0 Å².